The lowest BCUT2D eigenvalue weighted by Crippen LogP contribution is -2.89. The predicted molar refractivity (Wildman–Crippen MR) is 160 cm³/mol. The number of aryl methyl sites for hydroxylation is 2. The van der Waals surface area contributed by atoms with E-state index < -0.39 is 28.4 Å². The smallest absolute Gasteiger partial charge is 0.296 e. The molecule has 0 fully saturated rings. The molecule has 1 atom stereocenters. The molecule has 0 aromatic heterocycles. The molecule has 0 aliphatic carbocycles. The summed E-state index contributed by atoms with van der Waals surface area (Å²) < 4.78 is 25.7. The third kappa shape index (κ3) is 6.46. The van der Waals surface area contributed by atoms with Crippen LogP contribution in [0.3, 0.4) is 0 Å². The molecule has 1 aromatic carbocycles. The SMILES string of the molecule is CCO[SiH](OCC)[Si](CCc1c(C)cc(OC)cc1C)([Si]([SiH3])([SiH3])[SiH3])[Si]([SiH3])([SiH3])OCC. The molecule has 0 radical (unpaired) electrons. The Hall–Kier alpha value is 0.852. The highest BCUT2D eigenvalue weighted by molar-refractivity contribution is 8.11. The first-order chi connectivity index (χ1) is 13.9. The number of methoxy groups -OCH3 is 1. The van der Waals surface area contributed by atoms with E-state index in [0.717, 1.165) is 25.6 Å². The molecule has 0 bridgehead atoms. The van der Waals surface area contributed by atoms with Crippen LogP contribution < -0.4 is 4.74 Å². The van der Waals surface area contributed by atoms with Gasteiger partial charge < -0.3 is 18.0 Å². The fourth-order valence-electron chi connectivity index (χ4n) is 5.25. The Kier molecular flexibility index (Phi) is 11.9. The lowest BCUT2D eigenvalue weighted by molar-refractivity contribution is 0.229. The topological polar surface area (TPSA) is 36.9 Å². The lowest BCUT2D eigenvalue weighted by Gasteiger charge is -2.53. The summed E-state index contributed by atoms with van der Waals surface area (Å²) in [5.41, 5.74) is 4.31. The van der Waals surface area contributed by atoms with E-state index in [4.69, 9.17) is 18.0 Å². The summed E-state index contributed by atoms with van der Waals surface area (Å²) in [7, 11) is 6.96. The lowest BCUT2D eigenvalue weighted by atomic mass is 10.0. The van der Waals surface area contributed by atoms with Gasteiger partial charge >= 0.3 is 0 Å². The second-order valence-electron chi connectivity index (χ2n) is 9.65. The summed E-state index contributed by atoms with van der Waals surface area (Å²) in [5, 5.41) is 0. The highest BCUT2D eigenvalue weighted by Crippen LogP contribution is 2.33. The molecule has 1 unspecified atom stereocenters. The maximum Gasteiger partial charge on any atom is 0.296 e. The van der Waals surface area contributed by atoms with E-state index in [0.29, 0.717) is 0 Å². The third-order valence-electron chi connectivity index (χ3n) is 6.63. The van der Waals surface area contributed by atoms with E-state index in [1.807, 2.05) is 0 Å². The molecule has 1 aromatic rings. The van der Waals surface area contributed by atoms with Crippen molar-refractivity contribution in [1.82, 2.24) is 0 Å². The average molecular weight is 567 g/mol. The summed E-state index contributed by atoms with van der Waals surface area (Å²) >= 11 is 0. The molecule has 0 saturated carbocycles. The third-order valence-corrected chi connectivity index (χ3v) is 157. The van der Waals surface area contributed by atoms with Crippen molar-refractivity contribution < 1.29 is 18.0 Å². The van der Waals surface area contributed by atoms with Gasteiger partial charge in [0, 0.05) is 45.5 Å². The van der Waals surface area contributed by atoms with Gasteiger partial charge in [0.2, 0.25) is 0 Å². The quantitative estimate of drug-likeness (QED) is 0.233. The highest BCUT2D eigenvalue weighted by Gasteiger charge is 2.64. The van der Waals surface area contributed by atoms with E-state index in [-0.39, 0.29) is 0 Å². The predicted octanol–water partition coefficient (Wildman–Crippen LogP) is -3.43. The van der Waals surface area contributed by atoms with Crippen molar-refractivity contribution in [2.75, 3.05) is 26.9 Å². The van der Waals surface area contributed by atoms with Crippen molar-refractivity contribution in [3.05, 3.63) is 28.8 Å². The van der Waals surface area contributed by atoms with E-state index in [1.165, 1.54) is 72.4 Å². The fourth-order valence-corrected chi connectivity index (χ4v) is 279. The zero-order valence-corrected chi connectivity index (χ0v) is 35.6. The maximum absolute atomic E-state index is 6.86. The summed E-state index contributed by atoms with van der Waals surface area (Å²) in [6.45, 7) is 10.4. The molecule has 0 aliphatic rings. The number of hydrogen-bond donors (Lipinski definition) is 0. The highest BCUT2D eigenvalue weighted by atomic mass is 30.4. The Labute approximate surface area is 203 Å². The molecular weight excluding hydrogens is 521 g/mol. The molecule has 0 saturated heterocycles. The summed E-state index contributed by atoms with van der Waals surface area (Å²) in [6, 6.07) is 5.82. The molecule has 4 nitrogen and oxygen atoms in total. The Bertz CT molecular complexity index is 655. The van der Waals surface area contributed by atoms with Gasteiger partial charge in [-0.2, -0.15) is 0 Å². The molecule has 13 heteroatoms. The zero-order chi connectivity index (χ0) is 23.2. The second-order valence-corrected chi connectivity index (χ2v) is 117. The summed E-state index contributed by atoms with van der Waals surface area (Å²) in [4.78, 5) is 0. The van der Waals surface area contributed by atoms with Crippen LogP contribution in [0.15, 0.2) is 12.1 Å². The molecule has 0 aliphatic heterocycles. The van der Waals surface area contributed by atoms with Gasteiger partial charge in [-0.25, -0.2) is 0 Å². The van der Waals surface area contributed by atoms with Crippen LogP contribution in [0.2, 0.25) is 6.04 Å². The first-order valence-electron chi connectivity index (χ1n) is 11.4. The van der Waals surface area contributed by atoms with Gasteiger partial charge in [0.05, 0.1) is 7.11 Å². The average Bonchev–Trinajstić information content (AvgIpc) is 2.62. The minimum absolute atomic E-state index is 0.821. The van der Waals surface area contributed by atoms with Gasteiger partial charge in [-0.05, 0) is 99.1 Å². The largest absolute Gasteiger partial charge is 0.497 e. The number of ether oxygens (including phenoxy) is 1. The maximum atomic E-state index is 6.86. The van der Waals surface area contributed by atoms with Crippen molar-refractivity contribution in [3.63, 3.8) is 0 Å². The van der Waals surface area contributed by atoms with Crippen molar-refractivity contribution >= 4 is 77.2 Å². The summed E-state index contributed by atoms with van der Waals surface area (Å²) in [6.07, 6.45) is 0.0949. The van der Waals surface area contributed by atoms with Crippen LogP contribution in [-0.4, -0.2) is 104 Å². The zero-order valence-electron chi connectivity index (χ0n) is 21.4. The van der Waals surface area contributed by atoms with Crippen molar-refractivity contribution in [1.29, 1.82) is 0 Å². The van der Waals surface area contributed by atoms with Gasteiger partial charge in [-0.1, -0.05) is 6.04 Å². The van der Waals surface area contributed by atoms with E-state index in [9.17, 15) is 0 Å². The monoisotopic (exact) mass is 566 g/mol. The number of hydrogen-bond acceptors (Lipinski definition) is 4. The summed E-state index contributed by atoms with van der Waals surface area (Å²) in [5.74, 6) is 0.981. The van der Waals surface area contributed by atoms with Gasteiger partial charge in [0.1, 0.15) is 19.2 Å². The van der Waals surface area contributed by atoms with Crippen LogP contribution in [0, 0.1) is 13.8 Å². The van der Waals surface area contributed by atoms with Crippen LogP contribution in [0.5, 0.6) is 5.75 Å². The Morgan fingerprint density at radius 3 is 1.73 bits per heavy atom. The van der Waals surface area contributed by atoms with Crippen molar-refractivity contribution in [2.24, 2.45) is 0 Å². The van der Waals surface area contributed by atoms with E-state index in [2.05, 4.69) is 46.8 Å². The molecule has 0 amide bonds. The second kappa shape index (κ2) is 12.4. The van der Waals surface area contributed by atoms with E-state index in [1.54, 1.807) is 12.7 Å². The van der Waals surface area contributed by atoms with E-state index >= 15 is 0 Å². The molecule has 1 rings (SSSR count). The minimum Gasteiger partial charge on any atom is -0.497 e. The molecule has 30 heavy (non-hydrogen) atoms. The van der Waals surface area contributed by atoms with Crippen LogP contribution in [0.1, 0.15) is 37.5 Å². The van der Waals surface area contributed by atoms with Crippen LogP contribution in [0.4, 0.5) is 0 Å². The van der Waals surface area contributed by atoms with Crippen LogP contribution >= 0.6 is 0 Å². The molecule has 0 spiro atoms. The first-order valence-corrected chi connectivity index (χ1v) is 39.8. The van der Waals surface area contributed by atoms with Crippen molar-refractivity contribution in [3.8, 4) is 5.75 Å². The standard InChI is InChI=1S/C17H46O4Si9/c1-7-19-27(20-8-2)28(30(24,25)26,29(22,23)21-9-3)11-10-17-14(4)12-16(18-6)13-15(17)5/h12-13,27H,7-11H2,1-6,22-26H3. The molecule has 0 N–H and O–H groups in total. The minimum atomic E-state index is -1.67. The molecular formula is C17H46O4Si9. The van der Waals surface area contributed by atoms with Gasteiger partial charge in [-0.3, -0.25) is 0 Å². The number of benzene rings is 1. The van der Waals surface area contributed by atoms with Gasteiger partial charge in [0.25, 0.3) is 8.80 Å². The van der Waals surface area contributed by atoms with Gasteiger partial charge in [-0.15, -0.1) is 0 Å². The molecule has 174 valence electrons. The van der Waals surface area contributed by atoms with Crippen LogP contribution in [-0.2, 0) is 19.7 Å². The van der Waals surface area contributed by atoms with Crippen LogP contribution in [0.25, 0.3) is 0 Å². The normalized spacial score (nSPS) is 18.5. The first kappa shape index (κ1) is 28.9. The van der Waals surface area contributed by atoms with Crippen molar-refractivity contribution in [2.45, 2.75) is 47.1 Å². The molecule has 0 heterocycles. The van der Waals surface area contributed by atoms with Gasteiger partial charge in [0.15, 0.2) is 0 Å². The fraction of sp³-hybridized carbons (Fsp3) is 0.647. The Balaban J connectivity index is 3.56. The Morgan fingerprint density at radius 2 is 1.37 bits per heavy atom. The number of rotatable bonds is 13. The Morgan fingerprint density at radius 1 is 0.867 bits per heavy atom.